The van der Waals surface area contributed by atoms with Crippen molar-refractivity contribution in [3.8, 4) is 5.75 Å². The van der Waals surface area contributed by atoms with Gasteiger partial charge in [0, 0.05) is 12.1 Å². The number of ketones is 1. The van der Waals surface area contributed by atoms with Gasteiger partial charge in [-0.15, -0.1) is 0 Å². The number of methoxy groups -OCH3 is 1. The van der Waals surface area contributed by atoms with Gasteiger partial charge < -0.3 is 10.1 Å². The Balaban J connectivity index is 2.19. The van der Waals surface area contributed by atoms with Crippen molar-refractivity contribution in [2.24, 2.45) is 5.92 Å². The van der Waals surface area contributed by atoms with E-state index in [4.69, 9.17) is 4.74 Å². The number of piperidine rings is 1. The number of nitrogens with zero attached hydrogens (tertiary/aromatic N) is 1. The molecule has 0 atom stereocenters. The van der Waals surface area contributed by atoms with E-state index in [0.29, 0.717) is 11.4 Å². The summed E-state index contributed by atoms with van der Waals surface area (Å²) >= 11 is 0. The fourth-order valence-electron chi connectivity index (χ4n) is 2.02. The first-order valence-electron chi connectivity index (χ1n) is 5.57. The summed E-state index contributed by atoms with van der Waals surface area (Å²) in [6.45, 7) is 1.82. The van der Waals surface area contributed by atoms with Crippen LogP contribution in [-0.4, -0.2) is 31.0 Å². The summed E-state index contributed by atoms with van der Waals surface area (Å²) in [6.07, 6.45) is 3.41. The molecule has 1 aliphatic rings. The molecule has 0 saturated carbocycles. The highest BCUT2D eigenvalue weighted by Gasteiger charge is 2.25. The Bertz CT molecular complexity index is 373. The van der Waals surface area contributed by atoms with Gasteiger partial charge >= 0.3 is 0 Å². The lowest BCUT2D eigenvalue weighted by Gasteiger charge is -2.21. The molecule has 1 aliphatic heterocycles. The smallest absolute Gasteiger partial charge is 0.188 e. The summed E-state index contributed by atoms with van der Waals surface area (Å²) in [4.78, 5) is 16.3. The summed E-state index contributed by atoms with van der Waals surface area (Å²) in [6, 6.07) is 3.55. The molecule has 2 rings (SSSR count). The highest BCUT2D eigenvalue weighted by atomic mass is 16.5. The third kappa shape index (κ3) is 2.22. The summed E-state index contributed by atoms with van der Waals surface area (Å²) in [5.41, 5.74) is 0.469. The second kappa shape index (κ2) is 5.07. The van der Waals surface area contributed by atoms with Crippen molar-refractivity contribution in [1.82, 2.24) is 10.3 Å². The molecule has 0 radical (unpaired) electrons. The Morgan fingerprint density at radius 2 is 2.25 bits per heavy atom. The average Bonchev–Trinajstić information content (AvgIpc) is 2.39. The summed E-state index contributed by atoms with van der Waals surface area (Å²) in [7, 11) is 1.57. The molecule has 1 saturated heterocycles. The van der Waals surface area contributed by atoms with Crippen LogP contribution < -0.4 is 10.1 Å². The Kier molecular flexibility index (Phi) is 3.51. The van der Waals surface area contributed by atoms with Crippen LogP contribution in [0.15, 0.2) is 18.3 Å². The number of aromatic nitrogens is 1. The maximum absolute atomic E-state index is 12.2. The largest absolute Gasteiger partial charge is 0.494 e. The highest BCUT2D eigenvalue weighted by molar-refractivity contribution is 5.98. The van der Waals surface area contributed by atoms with E-state index in [9.17, 15) is 4.79 Å². The van der Waals surface area contributed by atoms with Crippen LogP contribution in [0, 0.1) is 5.92 Å². The molecule has 0 unspecified atom stereocenters. The van der Waals surface area contributed by atoms with E-state index in [1.165, 1.54) is 0 Å². The van der Waals surface area contributed by atoms with Crippen LogP contribution in [0.3, 0.4) is 0 Å². The summed E-state index contributed by atoms with van der Waals surface area (Å²) in [5.74, 6) is 0.773. The summed E-state index contributed by atoms with van der Waals surface area (Å²) < 4.78 is 5.16. The molecular weight excluding hydrogens is 204 g/mol. The Morgan fingerprint density at radius 3 is 2.94 bits per heavy atom. The van der Waals surface area contributed by atoms with E-state index in [1.54, 1.807) is 25.4 Å². The van der Waals surface area contributed by atoms with Gasteiger partial charge in [-0.2, -0.15) is 0 Å². The number of carbonyl (C=O) groups excluding carboxylic acids is 1. The quantitative estimate of drug-likeness (QED) is 0.779. The van der Waals surface area contributed by atoms with Gasteiger partial charge in [0.1, 0.15) is 11.4 Å². The maximum atomic E-state index is 12.2. The molecule has 4 nitrogen and oxygen atoms in total. The normalized spacial score (nSPS) is 17.1. The summed E-state index contributed by atoms with van der Waals surface area (Å²) in [5, 5.41) is 3.25. The fraction of sp³-hybridized carbons (Fsp3) is 0.500. The zero-order valence-electron chi connectivity index (χ0n) is 9.40. The molecule has 86 valence electrons. The third-order valence-electron chi connectivity index (χ3n) is 2.93. The van der Waals surface area contributed by atoms with Gasteiger partial charge in [-0.1, -0.05) is 0 Å². The maximum Gasteiger partial charge on any atom is 0.188 e. The zero-order valence-corrected chi connectivity index (χ0v) is 9.40. The number of hydrogen-bond donors (Lipinski definition) is 1. The highest BCUT2D eigenvalue weighted by Crippen LogP contribution is 2.22. The Labute approximate surface area is 95.0 Å². The molecule has 0 spiro atoms. The van der Waals surface area contributed by atoms with Crippen molar-refractivity contribution in [2.45, 2.75) is 12.8 Å². The van der Waals surface area contributed by atoms with Crippen molar-refractivity contribution in [3.63, 3.8) is 0 Å². The predicted octanol–water partition coefficient (Wildman–Crippen LogP) is 1.27. The van der Waals surface area contributed by atoms with E-state index in [0.717, 1.165) is 25.9 Å². The van der Waals surface area contributed by atoms with E-state index in [1.807, 2.05) is 0 Å². The zero-order chi connectivity index (χ0) is 11.4. The molecule has 0 bridgehead atoms. The van der Waals surface area contributed by atoms with Crippen LogP contribution in [0.4, 0.5) is 0 Å². The number of pyridine rings is 1. The van der Waals surface area contributed by atoms with Gasteiger partial charge in [-0.25, -0.2) is 4.98 Å². The lowest BCUT2D eigenvalue weighted by atomic mass is 9.91. The minimum atomic E-state index is 0.0880. The first-order valence-corrected chi connectivity index (χ1v) is 5.57. The average molecular weight is 220 g/mol. The van der Waals surface area contributed by atoms with Crippen molar-refractivity contribution < 1.29 is 9.53 Å². The van der Waals surface area contributed by atoms with E-state index in [-0.39, 0.29) is 11.7 Å². The van der Waals surface area contributed by atoms with Crippen LogP contribution in [0.25, 0.3) is 0 Å². The minimum absolute atomic E-state index is 0.0880. The number of ether oxygens (including phenoxy) is 1. The molecular formula is C12H16N2O2. The van der Waals surface area contributed by atoms with Gasteiger partial charge in [0.05, 0.1) is 7.11 Å². The number of nitrogens with one attached hydrogen (secondary N) is 1. The monoisotopic (exact) mass is 220 g/mol. The number of carbonyl (C=O) groups is 1. The fourth-order valence-corrected chi connectivity index (χ4v) is 2.02. The molecule has 2 heterocycles. The van der Waals surface area contributed by atoms with Crippen LogP contribution >= 0.6 is 0 Å². The van der Waals surface area contributed by atoms with Crippen molar-refractivity contribution in [3.05, 3.63) is 24.0 Å². The van der Waals surface area contributed by atoms with Gasteiger partial charge in [-0.05, 0) is 38.1 Å². The topological polar surface area (TPSA) is 51.2 Å². The second-order valence-electron chi connectivity index (χ2n) is 3.94. The molecule has 0 aromatic carbocycles. The second-order valence-corrected chi connectivity index (χ2v) is 3.94. The molecule has 4 heteroatoms. The number of Topliss-reactive ketones (excluding diaryl/α,β-unsaturated/α-hetero) is 1. The Hall–Kier alpha value is -1.42. The molecule has 1 fully saturated rings. The number of hydrogen-bond acceptors (Lipinski definition) is 4. The van der Waals surface area contributed by atoms with Crippen molar-refractivity contribution in [2.75, 3.05) is 20.2 Å². The van der Waals surface area contributed by atoms with Crippen LogP contribution in [-0.2, 0) is 0 Å². The van der Waals surface area contributed by atoms with Crippen molar-refractivity contribution in [1.29, 1.82) is 0 Å². The van der Waals surface area contributed by atoms with Crippen molar-refractivity contribution >= 4 is 5.78 Å². The standard InChI is InChI=1S/C12H16N2O2/c1-16-10-3-2-6-14-11(10)12(15)9-4-7-13-8-5-9/h2-3,6,9,13H,4-5,7-8H2,1H3. The van der Waals surface area contributed by atoms with E-state index < -0.39 is 0 Å². The first kappa shape index (κ1) is 11.1. The lowest BCUT2D eigenvalue weighted by Crippen LogP contribution is -2.32. The minimum Gasteiger partial charge on any atom is -0.494 e. The van der Waals surface area contributed by atoms with Crippen LogP contribution in [0.2, 0.25) is 0 Å². The molecule has 1 aromatic heterocycles. The van der Waals surface area contributed by atoms with Crippen LogP contribution in [0.1, 0.15) is 23.3 Å². The third-order valence-corrected chi connectivity index (χ3v) is 2.93. The SMILES string of the molecule is COc1cccnc1C(=O)C1CCNCC1. The van der Waals surface area contributed by atoms with Crippen LogP contribution in [0.5, 0.6) is 5.75 Å². The lowest BCUT2D eigenvalue weighted by molar-refractivity contribution is 0.0886. The van der Waals surface area contributed by atoms with Gasteiger partial charge in [0.15, 0.2) is 5.78 Å². The molecule has 0 aliphatic carbocycles. The van der Waals surface area contributed by atoms with E-state index in [2.05, 4.69) is 10.3 Å². The van der Waals surface area contributed by atoms with E-state index >= 15 is 0 Å². The number of rotatable bonds is 3. The molecule has 16 heavy (non-hydrogen) atoms. The Morgan fingerprint density at radius 1 is 1.50 bits per heavy atom. The molecule has 1 N–H and O–H groups in total. The predicted molar refractivity (Wildman–Crippen MR) is 60.7 cm³/mol. The van der Waals surface area contributed by atoms with Gasteiger partial charge in [0.25, 0.3) is 0 Å². The van der Waals surface area contributed by atoms with Gasteiger partial charge in [-0.3, -0.25) is 4.79 Å². The first-order chi connectivity index (χ1) is 7.83. The molecule has 1 aromatic rings. The molecule has 0 amide bonds. The van der Waals surface area contributed by atoms with Gasteiger partial charge in [0.2, 0.25) is 0 Å².